The summed E-state index contributed by atoms with van der Waals surface area (Å²) in [5.74, 6) is -1.70. The minimum absolute atomic E-state index is 0.0119. The Hall–Kier alpha value is -2.84. The van der Waals surface area contributed by atoms with Crippen LogP contribution >= 0.6 is 0 Å². The summed E-state index contributed by atoms with van der Waals surface area (Å²) in [6.07, 6.45) is -3.64. The number of aromatic nitrogens is 1. The highest BCUT2D eigenvalue weighted by molar-refractivity contribution is 5.92. The van der Waals surface area contributed by atoms with E-state index in [-0.39, 0.29) is 30.1 Å². The molecule has 0 bridgehead atoms. The van der Waals surface area contributed by atoms with E-state index in [0.29, 0.717) is 0 Å². The van der Waals surface area contributed by atoms with Crippen LogP contribution in [0.15, 0.2) is 34.9 Å². The first-order valence-electron chi connectivity index (χ1n) is 6.40. The summed E-state index contributed by atoms with van der Waals surface area (Å²) >= 11 is 0. The zero-order chi connectivity index (χ0) is 17.0. The van der Waals surface area contributed by atoms with Gasteiger partial charge in [-0.05, 0) is 24.3 Å². The highest BCUT2D eigenvalue weighted by atomic mass is 19.4. The van der Waals surface area contributed by atoms with Crippen LogP contribution in [0.1, 0.15) is 22.5 Å². The van der Waals surface area contributed by atoms with Gasteiger partial charge in [0.2, 0.25) is 5.89 Å². The number of carboxylic acid groups (broad SMARTS) is 1. The van der Waals surface area contributed by atoms with Gasteiger partial charge in [0.1, 0.15) is 6.26 Å². The fraction of sp³-hybridized carbons (Fsp3) is 0.214. The molecule has 0 unspecified atom stereocenters. The molecule has 0 saturated heterocycles. The van der Waals surface area contributed by atoms with E-state index >= 15 is 0 Å². The Morgan fingerprint density at radius 1 is 1.22 bits per heavy atom. The number of hydrogen-bond acceptors (Lipinski definition) is 4. The van der Waals surface area contributed by atoms with Gasteiger partial charge in [-0.2, -0.15) is 13.2 Å². The molecule has 0 radical (unpaired) electrons. The molecule has 1 heterocycles. The summed E-state index contributed by atoms with van der Waals surface area (Å²) in [6, 6.07) is 4.12. The first-order chi connectivity index (χ1) is 10.8. The van der Waals surface area contributed by atoms with Crippen LogP contribution in [-0.2, 0) is 11.0 Å². The normalized spacial score (nSPS) is 11.3. The largest absolute Gasteiger partial charge is 0.481 e. The maximum atomic E-state index is 12.5. The van der Waals surface area contributed by atoms with E-state index in [0.717, 1.165) is 18.4 Å². The second-order valence-corrected chi connectivity index (χ2v) is 4.51. The molecule has 9 heteroatoms. The number of carboxylic acids is 1. The third kappa shape index (κ3) is 4.31. The van der Waals surface area contributed by atoms with E-state index in [1.807, 2.05) is 0 Å². The molecule has 1 amide bonds. The molecule has 0 saturated carbocycles. The van der Waals surface area contributed by atoms with Crippen molar-refractivity contribution in [3.8, 4) is 11.5 Å². The standard InChI is InChI=1S/C14H11F3N2O4/c15-14(16,17)9-3-1-8(2-4-9)13-19-10(7-23-13)12(22)18-6-5-11(20)21/h1-4,7H,5-6H2,(H,18,22)(H,20,21). The molecule has 0 atom stereocenters. The topological polar surface area (TPSA) is 92.4 Å². The van der Waals surface area contributed by atoms with Gasteiger partial charge >= 0.3 is 12.1 Å². The average molecular weight is 328 g/mol. The van der Waals surface area contributed by atoms with Crippen LogP contribution in [-0.4, -0.2) is 28.5 Å². The SMILES string of the molecule is O=C(O)CCNC(=O)c1coc(-c2ccc(C(F)(F)F)cc2)n1. The van der Waals surface area contributed by atoms with Crippen LogP contribution in [0.5, 0.6) is 0 Å². The molecular weight excluding hydrogens is 317 g/mol. The Morgan fingerprint density at radius 3 is 2.43 bits per heavy atom. The molecule has 0 aliphatic rings. The molecule has 0 aliphatic carbocycles. The number of nitrogens with one attached hydrogen (secondary N) is 1. The van der Waals surface area contributed by atoms with E-state index in [2.05, 4.69) is 10.3 Å². The molecule has 23 heavy (non-hydrogen) atoms. The lowest BCUT2D eigenvalue weighted by atomic mass is 10.1. The second kappa shape index (κ2) is 6.51. The third-order valence-electron chi connectivity index (χ3n) is 2.82. The van der Waals surface area contributed by atoms with Crippen molar-refractivity contribution in [2.24, 2.45) is 0 Å². The Morgan fingerprint density at radius 2 is 1.87 bits per heavy atom. The minimum atomic E-state index is -4.44. The zero-order valence-electron chi connectivity index (χ0n) is 11.6. The van der Waals surface area contributed by atoms with Gasteiger partial charge in [-0.3, -0.25) is 9.59 Å². The van der Waals surface area contributed by atoms with Crippen molar-refractivity contribution in [2.45, 2.75) is 12.6 Å². The van der Waals surface area contributed by atoms with Crippen molar-refractivity contribution >= 4 is 11.9 Å². The lowest BCUT2D eigenvalue weighted by Gasteiger charge is -2.06. The number of oxazole rings is 1. The van der Waals surface area contributed by atoms with Crippen LogP contribution in [0.3, 0.4) is 0 Å². The highest BCUT2D eigenvalue weighted by Gasteiger charge is 2.30. The minimum Gasteiger partial charge on any atom is -0.481 e. The lowest BCUT2D eigenvalue weighted by molar-refractivity contribution is -0.138. The average Bonchev–Trinajstić information content (AvgIpc) is 2.96. The van der Waals surface area contributed by atoms with Crippen molar-refractivity contribution in [3.05, 3.63) is 41.8 Å². The second-order valence-electron chi connectivity index (χ2n) is 4.51. The molecule has 0 spiro atoms. The van der Waals surface area contributed by atoms with Crippen molar-refractivity contribution in [2.75, 3.05) is 6.54 Å². The van der Waals surface area contributed by atoms with Crippen LogP contribution in [0.25, 0.3) is 11.5 Å². The number of benzene rings is 1. The highest BCUT2D eigenvalue weighted by Crippen LogP contribution is 2.30. The summed E-state index contributed by atoms with van der Waals surface area (Å²) in [7, 11) is 0. The Labute approximate surface area is 127 Å². The van der Waals surface area contributed by atoms with Crippen molar-refractivity contribution in [1.29, 1.82) is 0 Å². The number of halogens is 3. The molecular formula is C14H11F3N2O4. The first kappa shape index (κ1) is 16.5. The Kier molecular flexibility index (Phi) is 4.68. The predicted octanol–water partition coefficient (Wildman–Crippen LogP) is 2.56. The van der Waals surface area contributed by atoms with Crippen molar-refractivity contribution < 1.29 is 32.3 Å². The van der Waals surface area contributed by atoms with Crippen LogP contribution in [0.4, 0.5) is 13.2 Å². The number of hydrogen-bond donors (Lipinski definition) is 2. The summed E-state index contributed by atoms with van der Waals surface area (Å²) in [5, 5.41) is 10.8. The number of carbonyl (C=O) groups is 2. The third-order valence-corrected chi connectivity index (χ3v) is 2.82. The number of alkyl halides is 3. The Balaban J connectivity index is 2.07. The molecule has 1 aromatic carbocycles. The summed E-state index contributed by atoms with van der Waals surface area (Å²) < 4.78 is 42.5. The number of nitrogens with zero attached hydrogens (tertiary/aromatic N) is 1. The monoisotopic (exact) mass is 328 g/mol. The van der Waals surface area contributed by atoms with Crippen LogP contribution < -0.4 is 5.32 Å². The molecule has 122 valence electrons. The molecule has 1 aromatic heterocycles. The van der Waals surface area contributed by atoms with E-state index in [9.17, 15) is 22.8 Å². The number of carbonyl (C=O) groups excluding carboxylic acids is 1. The molecule has 2 rings (SSSR count). The van der Waals surface area contributed by atoms with E-state index < -0.39 is 23.6 Å². The van der Waals surface area contributed by atoms with Gasteiger partial charge in [0.15, 0.2) is 5.69 Å². The fourth-order valence-corrected chi connectivity index (χ4v) is 1.69. The fourth-order valence-electron chi connectivity index (χ4n) is 1.69. The van der Waals surface area contributed by atoms with Crippen molar-refractivity contribution in [1.82, 2.24) is 10.3 Å². The van der Waals surface area contributed by atoms with Gasteiger partial charge < -0.3 is 14.8 Å². The van der Waals surface area contributed by atoms with E-state index in [4.69, 9.17) is 9.52 Å². The lowest BCUT2D eigenvalue weighted by Crippen LogP contribution is -2.26. The van der Waals surface area contributed by atoms with Gasteiger partial charge in [-0.25, -0.2) is 4.98 Å². The van der Waals surface area contributed by atoms with Gasteiger partial charge in [0.05, 0.1) is 12.0 Å². The summed E-state index contributed by atoms with van der Waals surface area (Å²) in [4.78, 5) is 25.9. The van der Waals surface area contributed by atoms with E-state index in [1.54, 1.807) is 0 Å². The molecule has 0 fully saturated rings. The van der Waals surface area contributed by atoms with Gasteiger partial charge in [-0.1, -0.05) is 0 Å². The molecule has 6 nitrogen and oxygen atoms in total. The molecule has 2 N–H and O–H groups in total. The number of aliphatic carboxylic acids is 1. The summed E-state index contributed by atoms with van der Waals surface area (Å²) in [5.41, 5.74) is -0.618. The van der Waals surface area contributed by atoms with Gasteiger partial charge in [0, 0.05) is 12.1 Å². The number of amides is 1. The quantitative estimate of drug-likeness (QED) is 0.880. The predicted molar refractivity (Wildman–Crippen MR) is 71.5 cm³/mol. The summed E-state index contributed by atoms with van der Waals surface area (Å²) in [6.45, 7) is -0.0728. The molecule has 2 aromatic rings. The maximum absolute atomic E-state index is 12.5. The maximum Gasteiger partial charge on any atom is 0.416 e. The van der Waals surface area contributed by atoms with Crippen LogP contribution in [0.2, 0.25) is 0 Å². The Bertz CT molecular complexity index is 708. The van der Waals surface area contributed by atoms with Crippen LogP contribution in [0, 0.1) is 0 Å². The smallest absolute Gasteiger partial charge is 0.416 e. The van der Waals surface area contributed by atoms with Gasteiger partial charge in [0.25, 0.3) is 5.91 Å². The van der Waals surface area contributed by atoms with Crippen molar-refractivity contribution in [3.63, 3.8) is 0 Å². The van der Waals surface area contributed by atoms with Gasteiger partial charge in [-0.15, -0.1) is 0 Å². The number of rotatable bonds is 5. The first-order valence-corrected chi connectivity index (χ1v) is 6.40. The van der Waals surface area contributed by atoms with E-state index in [1.165, 1.54) is 12.1 Å². The molecule has 0 aliphatic heterocycles. The zero-order valence-corrected chi connectivity index (χ0v) is 11.6.